The molecule has 0 amide bonds. The highest BCUT2D eigenvalue weighted by Gasteiger charge is 2.50. The van der Waals surface area contributed by atoms with Crippen molar-refractivity contribution in [2.45, 2.75) is 20.3 Å². The van der Waals surface area contributed by atoms with Gasteiger partial charge in [-0.1, -0.05) is 0 Å². The minimum atomic E-state index is -2.29. The van der Waals surface area contributed by atoms with Crippen LogP contribution in [-0.2, 0) is 23.9 Å². The first-order chi connectivity index (χ1) is 11.3. The molecule has 0 spiro atoms. The molecule has 1 heterocycles. The molecule has 0 aliphatic carbocycles. The standard InChI is InChI=1S/C16H19NO7/c1-10-6-12(8-17-7-10)14(20)16(11(2)18,15(21)22)4-5-24-9-13(19)23-3/h6-8H,4-5,9H2,1-3H3,(H,21,22). The number of rotatable bonds is 9. The lowest BCUT2D eigenvalue weighted by atomic mass is 9.74. The third-order valence-electron chi connectivity index (χ3n) is 3.56. The van der Waals surface area contributed by atoms with Crippen LogP contribution in [0.5, 0.6) is 0 Å². The van der Waals surface area contributed by atoms with Crippen LogP contribution in [-0.4, -0.2) is 53.9 Å². The summed E-state index contributed by atoms with van der Waals surface area (Å²) in [5.41, 5.74) is -1.60. The molecule has 1 rings (SSSR count). The van der Waals surface area contributed by atoms with Crippen LogP contribution in [0.2, 0.25) is 0 Å². The van der Waals surface area contributed by atoms with Crippen LogP contribution in [0.1, 0.15) is 29.3 Å². The molecule has 1 N–H and O–H groups in total. The number of ketones is 2. The van der Waals surface area contributed by atoms with E-state index in [1.165, 1.54) is 25.6 Å². The van der Waals surface area contributed by atoms with Gasteiger partial charge in [-0.05, 0) is 25.5 Å². The number of aliphatic carboxylic acids is 1. The van der Waals surface area contributed by atoms with Gasteiger partial charge in [0, 0.05) is 31.0 Å². The number of esters is 1. The van der Waals surface area contributed by atoms with E-state index in [0.717, 1.165) is 6.92 Å². The van der Waals surface area contributed by atoms with Gasteiger partial charge in [0.2, 0.25) is 0 Å². The number of aryl methyl sites for hydroxylation is 1. The summed E-state index contributed by atoms with van der Waals surface area (Å²) in [6.07, 6.45) is 2.32. The van der Waals surface area contributed by atoms with Crippen LogP contribution in [0.4, 0.5) is 0 Å². The van der Waals surface area contributed by atoms with Crippen molar-refractivity contribution in [3.8, 4) is 0 Å². The van der Waals surface area contributed by atoms with Crippen molar-refractivity contribution in [3.05, 3.63) is 29.6 Å². The Hall–Kier alpha value is -2.61. The van der Waals surface area contributed by atoms with Crippen LogP contribution < -0.4 is 0 Å². The molecule has 130 valence electrons. The summed E-state index contributed by atoms with van der Waals surface area (Å²) < 4.78 is 9.38. The van der Waals surface area contributed by atoms with E-state index in [4.69, 9.17) is 4.74 Å². The average Bonchev–Trinajstić information content (AvgIpc) is 2.53. The fourth-order valence-corrected chi connectivity index (χ4v) is 2.17. The van der Waals surface area contributed by atoms with E-state index in [9.17, 15) is 24.3 Å². The molecule has 0 fully saturated rings. The van der Waals surface area contributed by atoms with Crippen LogP contribution in [0.25, 0.3) is 0 Å². The van der Waals surface area contributed by atoms with E-state index < -0.39 is 41.9 Å². The maximum Gasteiger partial charge on any atom is 0.331 e. The molecular weight excluding hydrogens is 318 g/mol. The van der Waals surface area contributed by atoms with Crippen molar-refractivity contribution < 1.29 is 33.8 Å². The molecular formula is C16H19NO7. The number of hydrogen-bond donors (Lipinski definition) is 1. The molecule has 0 saturated heterocycles. The van der Waals surface area contributed by atoms with Crippen LogP contribution in [0, 0.1) is 12.3 Å². The number of ether oxygens (including phenoxy) is 2. The number of carbonyl (C=O) groups excluding carboxylic acids is 3. The molecule has 1 unspecified atom stereocenters. The molecule has 8 nitrogen and oxygen atoms in total. The van der Waals surface area contributed by atoms with Gasteiger partial charge in [0.25, 0.3) is 0 Å². The normalized spacial score (nSPS) is 13.0. The van der Waals surface area contributed by atoms with Gasteiger partial charge in [-0.25, -0.2) is 4.79 Å². The van der Waals surface area contributed by atoms with Crippen LogP contribution in [0.15, 0.2) is 18.5 Å². The number of aromatic nitrogens is 1. The van der Waals surface area contributed by atoms with E-state index in [2.05, 4.69) is 9.72 Å². The molecule has 1 atom stereocenters. The molecule has 0 aliphatic heterocycles. The maximum absolute atomic E-state index is 12.7. The topological polar surface area (TPSA) is 120 Å². The lowest BCUT2D eigenvalue weighted by Gasteiger charge is -2.25. The first kappa shape index (κ1) is 19.4. The first-order valence-corrected chi connectivity index (χ1v) is 7.11. The Morgan fingerprint density at radius 2 is 1.92 bits per heavy atom. The molecule has 8 heteroatoms. The highest BCUT2D eigenvalue weighted by molar-refractivity contribution is 6.26. The van der Waals surface area contributed by atoms with Gasteiger partial charge in [0.15, 0.2) is 17.0 Å². The predicted octanol–water partition coefficient (Wildman–Crippen LogP) is 0.812. The number of methoxy groups -OCH3 is 1. The van der Waals surface area contributed by atoms with Gasteiger partial charge in [-0.2, -0.15) is 0 Å². The van der Waals surface area contributed by atoms with Crippen molar-refractivity contribution in [2.75, 3.05) is 20.3 Å². The monoisotopic (exact) mass is 337 g/mol. The fourth-order valence-electron chi connectivity index (χ4n) is 2.17. The molecule has 1 aromatic heterocycles. The molecule has 24 heavy (non-hydrogen) atoms. The van der Waals surface area contributed by atoms with Crippen LogP contribution in [0.3, 0.4) is 0 Å². The summed E-state index contributed by atoms with van der Waals surface area (Å²) >= 11 is 0. The number of nitrogens with zero attached hydrogens (tertiary/aromatic N) is 1. The number of carboxylic acids is 1. The largest absolute Gasteiger partial charge is 0.480 e. The third-order valence-corrected chi connectivity index (χ3v) is 3.56. The second kappa shape index (κ2) is 8.30. The molecule has 0 saturated carbocycles. The van der Waals surface area contributed by atoms with Gasteiger partial charge in [-0.15, -0.1) is 0 Å². The lowest BCUT2D eigenvalue weighted by Crippen LogP contribution is -2.46. The van der Waals surface area contributed by atoms with Gasteiger partial charge in [0.05, 0.1) is 7.11 Å². The fraction of sp³-hybridized carbons (Fsp3) is 0.438. The second-order valence-corrected chi connectivity index (χ2v) is 5.23. The average molecular weight is 337 g/mol. The highest BCUT2D eigenvalue weighted by Crippen LogP contribution is 2.29. The van der Waals surface area contributed by atoms with Gasteiger partial charge in [0.1, 0.15) is 6.61 Å². The smallest absolute Gasteiger partial charge is 0.331 e. The summed E-state index contributed by atoms with van der Waals surface area (Å²) in [4.78, 5) is 51.3. The van der Waals surface area contributed by atoms with Gasteiger partial charge in [-0.3, -0.25) is 19.4 Å². The Labute approximate surface area is 138 Å². The Kier molecular flexibility index (Phi) is 6.72. The maximum atomic E-state index is 12.7. The minimum Gasteiger partial charge on any atom is -0.480 e. The second-order valence-electron chi connectivity index (χ2n) is 5.23. The molecule has 0 aliphatic rings. The van der Waals surface area contributed by atoms with Crippen molar-refractivity contribution >= 4 is 23.5 Å². The number of carboxylic acid groups (broad SMARTS) is 1. The van der Waals surface area contributed by atoms with Gasteiger partial charge >= 0.3 is 11.9 Å². The number of pyridine rings is 1. The Morgan fingerprint density at radius 3 is 2.42 bits per heavy atom. The molecule has 1 aromatic rings. The SMILES string of the molecule is COC(=O)COCCC(C(C)=O)(C(=O)O)C(=O)c1cncc(C)c1. The van der Waals surface area contributed by atoms with Crippen LogP contribution >= 0.6 is 0 Å². The molecule has 0 radical (unpaired) electrons. The summed E-state index contributed by atoms with van der Waals surface area (Å²) in [5, 5.41) is 9.54. The van der Waals surface area contributed by atoms with E-state index in [1.807, 2.05) is 0 Å². The summed E-state index contributed by atoms with van der Waals surface area (Å²) in [7, 11) is 1.18. The van der Waals surface area contributed by atoms with E-state index in [0.29, 0.717) is 5.56 Å². The third kappa shape index (κ3) is 4.23. The molecule has 0 bridgehead atoms. The van der Waals surface area contributed by atoms with E-state index in [1.54, 1.807) is 6.92 Å². The molecule has 0 aromatic carbocycles. The van der Waals surface area contributed by atoms with Gasteiger partial charge < -0.3 is 14.6 Å². The van der Waals surface area contributed by atoms with Crippen molar-refractivity contribution in [1.29, 1.82) is 0 Å². The number of hydrogen-bond acceptors (Lipinski definition) is 7. The summed E-state index contributed by atoms with van der Waals surface area (Å²) in [6, 6.07) is 1.46. The summed E-state index contributed by atoms with van der Waals surface area (Å²) in [6.45, 7) is 2.06. The van der Waals surface area contributed by atoms with E-state index in [-0.39, 0.29) is 12.2 Å². The minimum absolute atomic E-state index is 0.0283. The van der Waals surface area contributed by atoms with Crippen molar-refractivity contribution in [3.63, 3.8) is 0 Å². The number of Topliss-reactive ketones (excluding diaryl/α,β-unsaturated/α-hetero) is 2. The highest BCUT2D eigenvalue weighted by atomic mass is 16.6. The number of carbonyl (C=O) groups is 4. The lowest BCUT2D eigenvalue weighted by molar-refractivity contribution is -0.152. The van der Waals surface area contributed by atoms with E-state index >= 15 is 0 Å². The quantitative estimate of drug-likeness (QED) is 0.304. The van der Waals surface area contributed by atoms with Crippen molar-refractivity contribution in [2.24, 2.45) is 5.41 Å². The Bertz CT molecular complexity index is 640. The predicted molar refractivity (Wildman–Crippen MR) is 81.5 cm³/mol. The zero-order valence-corrected chi connectivity index (χ0v) is 13.7. The Morgan fingerprint density at radius 1 is 1.25 bits per heavy atom. The Balaban J connectivity index is 3.06. The van der Waals surface area contributed by atoms with Crippen molar-refractivity contribution in [1.82, 2.24) is 4.98 Å². The zero-order chi connectivity index (χ0) is 18.3. The first-order valence-electron chi connectivity index (χ1n) is 7.11. The zero-order valence-electron chi connectivity index (χ0n) is 13.7. The summed E-state index contributed by atoms with van der Waals surface area (Å²) in [5.74, 6) is -3.89.